The van der Waals surface area contributed by atoms with Gasteiger partial charge in [0.05, 0.1) is 11.6 Å². The first kappa shape index (κ1) is 16.3. The van der Waals surface area contributed by atoms with Crippen LogP contribution >= 0.6 is 0 Å². The summed E-state index contributed by atoms with van der Waals surface area (Å²) in [4.78, 5) is 12.4. The standard InChI is InChI=1S/C19H20FNO3/c1-12(2)18(21-19(22)14-5-3-4-6-15(14)20)13-7-8-16-17(11-13)24-10-9-23-16/h3-8,11-12,18H,9-10H2,1-2H3,(H,21,22). The van der Waals surface area contributed by atoms with Crippen LogP contribution in [0.2, 0.25) is 0 Å². The highest BCUT2D eigenvalue weighted by atomic mass is 19.1. The Morgan fingerprint density at radius 1 is 1.08 bits per heavy atom. The lowest BCUT2D eigenvalue weighted by Gasteiger charge is -2.25. The Labute approximate surface area is 140 Å². The molecule has 2 aromatic rings. The molecule has 1 aliphatic rings. The van der Waals surface area contributed by atoms with Gasteiger partial charge in [-0.05, 0) is 35.7 Å². The monoisotopic (exact) mass is 329 g/mol. The normalized spacial score (nSPS) is 14.3. The summed E-state index contributed by atoms with van der Waals surface area (Å²) in [6.45, 7) is 5.04. The van der Waals surface area contributed by atoms with Crippen LogP contribution in [-0.2, 0) is 0 Å². The van der Waals surface area contributed by atoms with Crippen LogP contribution in [0.5, 0.6) is 11.5 Å². The number of fused-ring (bicyclic) bond motifs is 1. The number of rotatable bonds is 4. The van der Waals surface area contributed by atoms with Crippen LogP contribution < -0.4 is 14.8 Å². The quantitative estimate of drug-likeness (QED) is 0.930. The maximum atomic E-state index is 13.8. The summed E-state index contributed by atoms with van der Waals surface area (Å²) in [7, 11) is 0. The first-order valence-electron chi connectivity index (χ1n) is 8.01. The third kappa shape index (κ3) is 3.35. The second kappa shape index (κ2) is 6.91. The summed E-state index contributed by atoms with van der Waals surface area (Å²) in [5.74, 6) is 0.544. The Morgan fingerprint density at radius 2 is 1.79 bits per heavy atom. The molecular weight excluding hydrogens is 309 g/mol. The lowest BCUT2D eigenvalue weighted by molar-refractivity contribution is 0.0921. The van der Waals surface area contributed by atoms with Crippen molar-refractivity contribution in [2.75, 3.05) is 13.2 Å². The molecule has 0 spiro atoms. The predicted molar refractivity (Wildman–Crippen MR) is 88.9 cm³/mol. The van der Waals surface area contributed by atoms with Crippen LogP contribution in [0.15, 0.2) is 42.5 Å². The van der Waals surface area contributed by atoms with E-state index >= 15 is 0 Å². The highest BCUT2D eigenvalue weighted by Crippen LogP contribution is 2.34. The summed E-state index contributed by atoms with van der Waals surface area (Å²) in [5, 5.41) is 2.92. The first-order valence-corrected chi connectivity index (χ1v) is 8.01. The number of halogens is 1. The second-order valence-corrected chi connectivity index (χ2v) is 6.08. The van der Waals surface area contributed by atoms with Gasteiger partial charge in [0.2, 0.25) is 0 Å². The molecule has 1 unspecified atom stereocenters. The minimum atomic E-state index is -0.528. The molecule has 0 bridgehead atoms. The maximum Gasteiger partial charge on any atom is 0.254 e. The number of carbonyl (C=O) groups is 1. The predicted octanol–water partition coefficient (Wildman–Crippen LogP) is 3.72. The Bertz CT molecular complexity index is 745. The molecule has 0 radical (unpaired) electrons. The van der Waals surface area contributed by atoms with E-state index < -0.39 is 11.7 Å². The van der Waals surface area contributed by atoms with E-state index in [1.807, 2.05) is 32.0 Å². The average Bonchev–Trinajstić information content (AvgIpc) is 2.59. The molecule has 0 saturated heterocycles. The van der Waals surface area contributed by atoms with Gasteiger partial charge in [0.15, 0.2) is 11.5 Å². The molecule has 0 aliphatic carbocycles. The van der Waals surface area contributed by atoms with Gasteiger partial charge in [0.1, 0.15) is 19.0 Å². The average molecular weight is 329 g/mol. The fraction of sp³-hybridized carbons (Fsp3) is 0.316. The number of hydrogen-bond donors (Lipinski definition) is 1. The van der Waals surface area contributed by atoms with Crippen molar-refractivity contribution in [2.45, 2.75) is 19.9 Å². The van der Waals surface area contributed by atoms with Crippen molar-refractivity contribution in [3.8, 4) is 11.5 Å². The zero-order valence-electron chi connectivity index (χ0n) is 13.7. The highest BCUT2D eigenvalue weighted by molar-refractivity contribution is 5.94. The lowest BCUT2D eigenvalue weighted by atomic mass is 9.95. The summed E-state index contributed by atoms with van der Waals surface area (Å²) in [6, 6.07) is 11.3. The van der Waals surface area contributed by atoms with Gasteiger partial charge in [-0.15, -0.1) is 0 Å². The van der Waals surface area contributed by atoms with Crippen LogP contribution in [0.3, 0.4) is 0 Å². The van der Waals surface area contributed by atoms with Gasteiger partial charge >= 0.3 is 0 Å². The summed E-state index contributed by atoms with van der Waals surface area (Å²) < 4.78 is 24.9. The number of hydrogen-bond acceptors (Lipinski definition) is 3. The molecule has 3 rings (SSSR count). The van der Waals surface area contributed by atoms with Crippen molar-refractivity contribution in [1.29, 1.82) is 0 Å². The molecule has 1 amide bonds. The van der Waals surface area contributed by atoms with E-state index in [1.54, 1.807) is 12.1 Å². The molecule has 24 heavy (non-hydrogen) atoms. The Morgan fingerprint density at radius 3 is 2.50 bits per heavy atom. The molecule has 0 saturated carbocycles. The van der Waals surface area contributed by atoms with Crippen LogP contribution in [0.1, 0.15) is 35.8 Å². The molecule has 1 heterocycles. The largest absolute Gasteiger partial charge is 0.486 e. The van der Waals surface area contributed by atoms with E-state index in [0.29, 0.717) is 24.7 Å². The van der Waals surface area contributed by atoms with Gasteiger partial charge in [-0.3, -0.25) is 4.79 Å². The van der Waals surface area contributed by atoms with Gasteiger partial charge in [0, 0.05) is 0 Å². The minimum Gasteiger partial charge on any atom is -0.486 e. The number of benzene rings is 2. The van der Waals surface area contributed by atoms with E-state index in [9.17, 15) is 9.18 Å². The molecule has 1 N–H and O–H groups in total. The van der Waals surface area contributed by atoms with Gasteiger partial charge in [-0.25, -0.2) is 4.39 Å². The third-order valence-electron chi connectivity index (χ3n) is 4.00. The van der Waals surface area contributed by atoms with Crippen molar-refractivity contribution in [2.24, 2.45) is 5.92 Å². The fourth-order valence-corrected chi connectivity index (χ4v) is 2.75. The van der Waals surface area contributed by atoms with Crippen molar-refractivity contribution >= 4 is 5.91 Å². The Kier molecular flexibility index (Phi) is 4.69. The van der Waals surface area contributed by atoms with Crippen LogP contribution in [0.4, 0.5) is 4.39 Å². The van der Waals surface area contributed by atoms with Crippen LogP contribution in [-0.4, -0.2) is 19.1 Å². The zero-order chi connectivity index (χ0) is 17.1. The number of carbonyl (C=O) groups excluding carboxylic acids is 1. The Hall–Kier alpha value is -2.56. The van der Waals surface area contributed by atoms with E-state index in [4.69, 9.17) is 9.47 Å². The van der Waals surface area contributed by atoms with Gasteiger partial charge in [-0.1, -0.05) is 32.0 Å². The van der Waals surface area contributed by atoms with E-state index in [0.717, 1.165) is 5.56 Å². The minimum absolute atomic E-state index is 0.0423. The first-order chi connectivity index (χ1) is 11.6. The van der Waals surface area contributed by atoms with Gasteiger partial charge < -0.3 is 14.8 Å². The Balaban J connectivity index is 1.85. The van der Waals surface area contributed by atoms with E-state index in [-0.39, 0.29) is 17.5 Å². The highest BCUT2D eigenvalue weighted by Gasteiger charge is 2.23. The molecular formula is C19H20FNO3. The van der Waals surface area contributed by atoms with E-state index in [1.165, 1.54) is 12.1 Å². The van der Waals surface area contributed by atoms with Crippen LogP contribution in [0, 0.1) is 11.7 Å². The van der Waals surface area contributed by atoms with Crippen molar-refractivity contribution in [3.63, 3.8) is 0 Å². The van der Waals surface area contributed by atoms with Crippen molar-refractivity contribution in [1.82, 2.24) is 5.32 Å². The molecule has 5 heteroatoms. The fourth-order valence-electron chi connectivity index (χ4n) is 2.75. The molecule has 2 aromatic carbocycles. The van der Waals surface area contributed by atoms with E-state index in [2.05, 4.69) is 5.32 Å². The van der Waals surface area contributed by atoms with Crippen molar-refractivity contribution < 1.29 is 18.7 Å². The molecule has 0 aromatic heterocycles. The molecule has 126 valence electrons. The molecule has 0 fully saturated rings. The topological polar surface area (TPSA) is 47.6 Å². The second-order valence-electron chi connectivity index (χ2n) is 6.08. The van der Waals surface area contributed by atoms with Crippen molar-refractivity contribution in [3.05, 3.63) is 59.4 Å². The molecule has 1 aliphatic heterocycles. The smallest absolute Gasteiger partial charge is 0.254 e. The summed E-state index contributed by atoms with van der Waals surface area (Å²) in [5.41, 5.74) is 0.944. The third-order valence-corrected chi connectivity index (χ3v) is 4.00. The zero-order valence-corrected chi connectivity index (χ0v) is 13.7. The summed E-state index contributed by atoms with van der Waals surface area (Å²) >= 11 is 0. The van der Waals surface area contributed by atoms with Gasteiger partial charge in [-0.2, -0.15) is 0 Å². The maximum absolute atomic E-state index is 13.8. The summed E-state index contributed by atoms with van der Waals surface area (Å²) in [6.07, 6.45) is 0. The molecule has 4 nitrogen and oxygen atoms in total. The van der Waals surface area contributed by atoms with Crippen LogP contribution in [0.25, 0.3) is 0 Å². The number of ether oxygens (including phenoxy) is 2. The SMILES string of the molecule is CC(C)C(NC(=O)c1ccccc1F)c1ccc2c(c1)OCCO2. The number of amides is 1. The lowest BCUT2D eigenvalue weighted by Crippen LogP contribution is -2.32. The number of nitrogens with one attached hydrogen (secondary N) is 1. The van der Waals surface area contributed by atoms with Gasteiger partial charge in [0.25, 0.3) is 5.91 Å². The molecule has 1 atom stereocenters.